The molecule has 0 unspecified atom stereocenters. The minimum Gasteiger partial charge on any atom is -0.257 e. The first-order valence-corrected chi connectivity index (χ1v) is 13.0. The Morgan fingerprint density at radius 3 is 1.07 bits per heavy atom. The maximum absolute atomic E-state index is 5.14. The molecule has 0 aliphatic carbocycles. The Kier molecular flexibility index (Phi) is 9.85. The average molecular weight is 497 g/mol. The van der Waals surface area contributed by atoms with E-state index >= 15 is 0 Å². The van der Waals surface area contributed by atoms with Crippen molar-refractivity contribution in [1.82, 2.24) is 4.98 Å². The molecular weight excluding hydrogens is 453 g/mol. The fraction of sp³-hybridized carbons (Fsp3) is 0.783. The average Bonchev–Trinajstić information content (AvgIpc) is 2.37. The molecule has 0 atom stereocenters. The van der Waals surface area contributed by atoms with Crippen molar-refractivity contribution in [2.24, 2.45) is 0 Å². The second-order valence-corrected chi connectivity index (χ2v) is 19.2. The van der Waals surface area contributed by atoms with Crippen molar-refractivity contribution in [3.63, 3.8) is 0 Å². The van der Waals surface area contributed by atoms with E-state index in [4.69, 9.17) is 4.98 Å². The van der Waals surface area contributed by atoms with E-state index in [1.807, 2.05) is 0 Å². The van der Waals surface area contributed by atoms with Gasteiger partial charge < -0.3 is 0 Å². The third kappa shape index (κ3) is 8.89. The van der Waals surface area contributed by atoms with Gasteiger partial charge >= 0.3 is 0 Å². The van der Waals surface area contributed by atoms with Crippen molar-refractivity contribution in [2.45, 2.75) is 116 Å². The van der Waals surface area contributed by atoms with E-state index in [1.165, 1.54) is 11.4 Å². The van der Waals surface area contributed by atoms with Crippen LogP contribution in [0.25, 0.3) is 0 Å². The number of nitrogens with zero attached hydrogens (tertiary/aromatic N) is 1. The van der Waals surface area contributed by atoms with Crippen LogP contribution in [0.1, 0.15) is 94.5 Å². The number of hydrogen-bond acceptors (Lipinski definition) is 1. The molecule has 0 radical (unpaired) electrons. The van der Waals surface area contributed by atoms with Gasteiger partial charge in [0.2, 0.25) is 0 Å². The number of rotatable bonds is 4. The molecule has 4 heteroatoms. The summed E-state index contributed by atoms with van der Waals surface area (Å²) in [6.07, 6.45) is 2.25. The fourth-order valence-corrected chi connectivity index (χ4v) is 10.9. The maximum atomic E-state index is 5.14. The van der Waals surface area contributed by atoms with E-state index < -0.39 is 0 Å². The molecule has 0 aliphatic rings. The second kappa shape index (κ2) is 9.63. The molecule has 0 fully saturated rings. The van der Waals surface area contributed by atoms with Gasteiger partial charge in [-0.2, -0.15) is 0 Å². The fourth-order valence-electron chi connectivity index (χ4n) is 3.99. The van der Waals surface area contributed by atoms with Crippen LogP contribution in [0.5, 0.6) is 0 Å². The summed E-state index contributed by atoms with van der Waals surface area (Å²) in [5, 5.41) is 1.37. The van der Waals surface area contributed by atoms with Crippen molar-refractivity contribution < 1.29 is 19.5 Å². The Hall–Kier alpha value is 0.633. The number of hydrogen-bond donors (Lipinski definition) is 0. The smallest absolute Gasteiger partial charge is 0.0450 e. The zero-order valence-corrected chi connectivity index (χ0v) is 23.4. The van der Waals surface area contributed by atoms with E-state index in [0.29, 0.717) is 20.6 Å². The predicted molar refractivity (Wildman–Crippen MR) is 124 cm³/mol. The predicted octanol–water partition coefficient (Wildman–Crippen LogP) is 8.24. The Labute approximate surface area is 185 Å². The number of aromatic nitrogens is 1. The first-order chi connectivity index (χ1) is 11.4. The summed E-state index contributed by atoms with van der Waals surface area (Å²) in [7, 11) is -0.308. The Balaban J connectivity index is 0.00000676. The SMILES string of the molecule is CC(C)(C)P(Cc1cccc(CP(C(C)(C)C)C(C)(C)C)n1)C(C)(C)C.[Ru]. The molecule has 0 amide bonds. The molecule has 0 spiro atoms. The Bertz CT molecular complexity index is 509. The van der Waals surface area contributed by atoms with Crippen molar-refractivity contribution >= 4 is 15.8 Å². The third-order valence-electron chi connectivity index (χ3n) is 4.74. The summed E-state index contributed by atoms with van der Waals surface area (Å²) in [5.74, 6) is 0. The third-order valence-corrected chi connectivity index (χ3v) is 12.5. The molecule has 0 N–H and O–H groups in total. The molecule has 158 valence electrons. The van der Waals surface area contributed by atoms with Crippen LogP contribution in [0.15, 0.2) is 18.2 Å². The van der Waals surface area contributed by atoms with Gasteiger partial charge in [0.05, 0.1) is 0 Å². The van der Waals surface area contributed by atoms with E-state index in [1.54, 1.807) is 0 Å². The maximum Gasteiger partial charge on any atom is 0.0450 e. The summed E-state index contributed by atoms with van der Waals surface area (Å²) < 4.78 is 0. The largest absolute Gasteiger partial charge is 0.257 e. The summed E-state index contributed by atoms with van der Waals surface area (Å²) in [6, 6.07) is 6.72. The molecule has 0 saturated carbocycles. The van der Waals surface area contributed by atoms with E-state index in [2.05, 4.69) is 101 Å². The topological polar surface area (TPSA) is 12.9 Å². The van der Waals surface area contributed by atoms with E-state index in [0.717, 1.165) is 12.3 Å². The van der Waals surface area contributed by atoms with Crippen LogP contribution in [0.4, 0.5) is 0 Å². The molecule has 0 aromatic carbocycles. The first-order valence-electron chi connectivity index (χ1n) is 9.93. The minimum atomic E-state index is -0.154. The summed E-state index contributed by atoms with van der Waals surface area (Å²) in [5.41, 5.74) is 2.58. The van der Waals surface area contributed by atoms with Crippen molar-refractivity contribution in [3.8, 4) is 0 Å². The summed E-state index contributed by atoms with van der Waals surface area (Å²) in [4.78, 5) is 5.14. The van der Waals surface area contributed by atoms with Crippen LogP contribution in [-0.4, -0.2) is 25.6 Å². The quantitative estimate of drug-likeness (QED) is 0.302. The van der Waals surface area contributed by atoms with Crippen molar-refractivity contribution in [1.29, 1.82) is 0 Å². The normalized spacial score (nSPS) is 13.9. The van der Waals surface area contributed by atoms with Crippen LogP contribution in [-0.2, 0) is 31.8 Å². The zero-order chi connectivity index (χ0) is 20.6. The van der Waals surface area contributed by atoms with Gasteiger partial charge in [-0.05, 0) is 32.8 Å². The molecule has 0 bridgehead atoms. The van der Waals surface area contributed by atoms with Crippen LogP contribution in [0.2, 0.25) is 0 Å². The molecule has 0 saturated heterocycles. The standard InChI is InChI=1S/C23H43NP2.Ru/c1-20(2,3)25(21(4,5)6)16-18-14-13-15-19(24-18)17-26(22(7,8)9)23(10,11)12;/h13-15H,16-17H2,1-12H3;. The van der Waals surface area contributed by atoms with E-state index in [9.17, 15) is 0 Å². The van der Waals surface area contributed by atoms with Gasteiger partial charge in [-0.15, -0.1) is 0 Å². The van der Waals surface area contributed by atoms with E-state index in [-0.39, 0.29) is 35.3 Å². The van der Waals surface area contributed by atoms with Crippen LogP contribution in [0.3, 0.4) is 0 Å². The van der Waals surface area contributed by atoms with Gasteiger partial charge in [0.1, 0.15) is 0 Å². The van der Waals surface area contributed by atoms with Gasteiger partial charge in [-0.3, -0.25) is 4.98 Å². The Morgan fingerprint density at radius 1 is 0.593 bits per heavy atom. The molecule has 1 nitrogen and oxygen atoms in total. The van der Waals surface area contributed by atoms with Gasteiger partial charge in [0.15, 0.2) is 0 Å². The Morgan fingerprint density at radius 2 is 0.852 bits per heavy atom. The number of pyridine rings is 1. The van der Waals surface area contributed by atoms with Crippen molar-refractivity contribution in [2.75, 3.05) is 0 Å². The first kappa shape index (κ1) is 27.6. The van der Waals surface area contributed by atoms with Gasteiger partial charge in [0.25, 0.3) is 0 Å². The molecule has 1 aromatic rings. The van der Waals surface area contributed by atoms with Crippen molar-refractivity contribution in [3.05, 3.63) is 29.6 Å². The molecule has 27 heavy (non-hydrogen) atoms. The monoisotopic (exact) mass is 497 g/mol. The minimum absolute atomic E-state index is 0. The van der Waals surface area contributed by atoms with Crippen LogP contribution in [0, 0.1) is 0 Å². The zero-order valence-electron chi connectivity index (χ0n) is 19.8. The second-order valence-electron chi connectivity index (χ2n) is 11.5. The molecule has 1 heterocycles. The molecule has 1 rings (SSSR count). The molecule has 0 aliphatic heterocycles. The van der Waals surface area contributed by atoms with Gasteiger partial charge in [-0.25, -0.2) is 0 Å². The summed E-state index contributed by atoms with van der Waals surface area (Å²) >= 11 is 0. The summed E-state index contributed by atoms with van der Waals surface area (Å²) in [6.45, 7) is 28.7. The van der Waals surface area contributed by atoms with Crippen LogP contribution < -0.4 is 0 Å². The molecule has 1 aromatic heterocycles. The van der Waals surface area contributed by atoms with Gasteiger partial charge in [-0.1, -0.05) is 105 Å². The van der Waals surface area contributed by atoms with Crippen LogP contribution >= 0.6 is 15.8 Å². The van der Waals surface area contributed by atoms with Gasteiger partial charge in [0, 0.05) is 43.2 Å². The molecular formula is C23H43NP2Ru.